The number of anilines is 1. The van der Waals surface area contributed by atoms with Crippen molar-refractivity contribution in [3.63, 3.8) is 0 Å². The summed E-state index contributed by atoms with van der Waals surface area (Å²) in [6, 6.07) is 0.824. The second-order valence-electron chi connectivity index (χ2n) is 1.90. The number of aromatic carboxylic acids is 1. The van der Waals surface area contributed by atoms with Gasteiger partial charge in [-0.25, -0.2) is 14.2 Å². The highest BCUT2D eigenvalue weighted by Crippen LogP contribution is 2.07. The minimum Gasteiger partial charge on any atom is -0.478 e. The normalized spacial score (nSPS) is 9.55. The Hall–Kier alpha value is -1.65. The number of carboxylic acids is 1. The smallest absolute Gasteiger partial charge is 0.337 e. The molecular weight excluding hydrogens is 151 g/mol. The number of halogens is 1. The first-order chi connectivity index (χ1) is 5.11. The summed E-state index contributed by atoms with van der Waals surface area (Å²) in [4.78, 5) is 13.5. The Morgan fingerprint density at radius 3 is 2.82 bits per heavy atom. The van der Waals surface area contributed by atoms with Crippen LogP contribution in [0.3, 0.4) is 0 Å². The fourth-order valence-corrected chi connectivity index (χ4v) is 0.565. The van der Waals surface area contributed by atoms with Gasteiger partial charge < -0.3 is 10.8 Å². The maximum atomic E-state index is 12.5. The van der Waals surface area contributed by atoms with Crippen molar-refractivity contribution in [1.82, 2.24) is 4.98 Å². The van der Waals surface area contributed by atoms with Crippen LogP contribution in [-0.2, 0) is 0 Å². The lowest BCUT2D eigenvalue weighted by Crippen LogP contribution is -2.01. The molecule has 0 saturated heterocycles. The minimum atomic E-state index is -1.23. The van der Waals surface area contributed by atoms with Crippen molar-refractivity contribution in [3.05, 3.63) is 23.6 Å². The molecule has 0 unspecified atom stereocenters. The molecule has 0 saturated carbocycles. The Morgan fingerprint density at radius 1 is 1.73 bits per heavy atom. The van der Waals surface area contributed by atoms with Crippen molar-refractivity contribution in [2.75, 3.05) is 5.73 Å². The van der Waals surface area contributed by atoms with Crippen LogP contribution in [0.5, 0.6) is 0 Å². The molecule has 5 heteroatoms. The molecule has 0 amide bonds. The van der Waals surface area contributed by atoms with Gasteiger partial charge in [0.05, 0.1) is 5.56 Å². The third kappa shape index (κ3) is 1.43. The number of carboxylic acid groups (broad SMARTS) is 1. The lowest BCUT2D eigenvalue weighted by Gasteiger charge is -1.95. The number of rotatable bonds is 1. The Morgan fingerprint density at radius 2 is 2.36 bits per heavy atom. The Labute approximate surface area is 61.5 Å². The highest BCUT2D eigenvalue weighted by molar-refractivity contribution is 5.87. The number of carbonyl (C=O) groups is 1. The molecule has 0 aliphatic heterocycles. The summed E-state index contributed by atoms with van der Waals surface area (Å²) in [6.07, 6.45) is 1.00. The van der Waals surface area contributed by atoms with Gasteiger partial charge in [0.2, 0.25) is 0 Å². The van der Waals surface area contributed by atoms with Gasteiger partial charge in [0.25, 0.3) is 0 Å². The van der Waals surface area contributed by atoms with Gasteiger partial charge >= 0.3 is 5.97 Å². The number of hydrogen-bond acceptors (Lipinski definition) is 3. The number of nitrogen functional groups attached to an aromatic ring is 1. The molecule has 0 bridgehead atoms. The second kappa shape index (κ2) is 2.53. The summed E-state index contributed by atoms with van der Waals surface area (Å²) in [7, 11) is 0. The first-order valence-electron chi connectivity index (χ1n) is 2.75. The molecule has 0 radical (unpaired) electrons. The van der Waals surface area contributed by atoms with E-state index in [1.54, 1.807) is 0 Å². The molecule has 11 heavy (non-hydrogen) atoms. The molecule has 0 aromatic carbocycles. The van der Waals surface area contributed by atoms with E-state index in [0.717, 1.165) is 12.3 Å². The fraction of sp³-hybridized carbons (Fsp3) is 0. The highest BCUT2D eigenvalue weighted by Gasteiger charge is 2.06. The highest BCUT2D eigenvalue weighted by atomic mass is 19.1. The van der Waals surface area contributed by atoms with Crippen molar-refractivity contribution >= 4 is 11.8 Å². The van der Waals surface area contributed by atoms with Crippen molar-refractivity contribution in [1.29, 1.82) is 0 Å². The lowest BCUT2D eigenvalue weighted by molar-refractivity contribution is 0.0696. The van der Waals surface area contributed by atoms with Crippen LogP contribution in [0.4, 0.5) is 10.2 Å². The van der Waals surface area contributed by atoms with Gasteiger partial charge in [-0.2, -0.15) is 0 Å². The van der Waals surface area contributed by atoms with Crippen LogP contribution in [-0.4, -0.2) is 16.1 Å². The minimum absolute atomic E-state index is 0.211. The molecule has 1 heterocycles. The van der Waals surface area contributed by atoms with E-state index in [2.05, 4.69) is 4.98 Å². The second-order valence-corrected chi connectivity index (χ2v) is 1.90. The average molecular weight is 156 g/mol. The van der Waals surface area contributed by atoms with E-state index in [-0.39, 0.29) is 11.4 Å². The predicted octanol–water partition coefficient (Wildman–Crippen LogP) is 0.501. The number of aromatic nitrogens is 1. The molecule has 0 aliphatic rings. The van der Waals surface area contributed by atoms with Crippen molar-refractivity contribution < 1.29 is 14.3 Å². The quantitative estimate of drug-likeness (QED) is 0.620. The van der Waals surface area contributed by atoms with Gasteiger partial charge in [-0.3, -0.25) is 0 Å². The predicted molar refractivity (Wildman–Crippen MR) is 35.6 cm³/mol. The van der Waals surface area contributed by atoms with Gasteiger partial charge in [-0.1, -0.05) is 0 Å². The lowest BCUT2D eigenvalue weighted by atomic mass is 10.3. The number of nitrogens with two attached hydrogens (primary N) is 1. The summed E-state index contributed by atoms with van der Waals surface area (Å²) in [6.45, 7) is 0. The fourth-order valence-electron chi connectivity index (χ4n) is 0.565. The van der Waals surface area contributed by atoms with E-state index in [4.69, 9.17) is 10.8 Å². The average Bonchev–Trinajstić information content (AvgIpc) is 1.94. The molecular formula is C6H5FN2O2. The third-order valence-electron chi connectivity index (χ3n) is 1.12. The van der Waals surface area contributed by atoms with E-state index in [0.29, 0.717) is 0 Å². The Balaban J connectivity index is 3.15. The van der Waals surface area contributed by atoms with Gasteiger partial charge in [-0.15, -0.1) is 0 Å². The van der Waals surface area contributed by atoms with E-state index in [9.17, 15) is 9.18 Å². The van der Waals surface area contributed by atoms with E-state index >= 15 is 0 Å². The van der Waals surface area contributed by atoms with Crippen molar-refractivity contribution in [3.8, 4) is 0 Å². The van der Waals surface area contributed by atoms with Gasteiger partial charge in [0.15, 0.2) is 11.6 Å². The molecule has 1 aromatic rings. The summed E-state index contributed by atoms with van der Waals surface area (Å²) < 4.78 is 12.5. The summed E-state index contributed by atoms with van der Waals surface area (Å²) in [5.41, 5.74) is 4.80. The molecule has 3 N–H and O–H groups in total. The maximum absolute atomic E-state index is 12.5. The number of pyridine rings is 1. The first-order valence-corrected chi connectivity index (χ1v) is 2.75. The van der Waals surface area contributed by atoms with Crippen molar-refractivity contribution in [2.24, 2.45) is 0 Å². The molecule has 4 nitrogen and oxygen atoms in total. The maximum Gasteiger partial charge on any atom is 0.337 e. The third-order valence-corrected chi connectivity index (χ3v) is 1.12. The first kappa shape index (κ1) is 7.46. The van der Waals surface area contributed by atoms with Crippen LogP contribution in [0.1, 0.15) is 10.4 Å². The zero-order valence-corrected chi connectivity index (χ0v) is 5.41. The number of nitrogens with zero attached hydrogens (tertiary/aromatic N) is 1. The zero-order valence-electron chi connectivity index (χ0n) is 5.41. The SMILES string of the molecule is Nc1ncc(C(=O)O)cc1F. The van der Waals surface area contributed by atoms with Gasteiger partial charge in [-0.05, 0) is 6.07 Å². The monoisotopic (exact) mass is 156 g/mol. The van der Waals surface area contributed by atoms with Gasteiger partial charge in [0, 0.05) is 6.20 Å². The van der Waals surface area contributed by atoms with E-state index < -0.39 is 11.8 Å². The molecule has 58 valence electrons. The molecule has 0 aliphatic carbocycles. The van der Waals surface area contributed by atoms with Crippen LogP contribution in [0.25, 0.3) is 0 Å². The zero-order chi connectivity index (χ0) is 8.43. The molecule has 1 rings (SSSR count). The Kier molecular flexibility index (Phi) is 1.72. The van der Waals surface area contributed by atoms with Crippen LogP contribution in [0.15, 0.2) is 12.3 Å². The van der Waals surface area contributed by atoms with Crippen LogP contribution in [0, 0.1) is 5.82 Å². The van der Waals surface area contributed by atoms with Crippen molar-refractivity contribution in [2.45, 2.75) is 0 Å². The van der Waals surface area contributed by atoms with Gasteiger partial charge in [0.1, 0.15) is 0 Å². The van der Waals surface area contributed by atoms with E-state index in [1.165, 1.54) is 0 Å². The van der Waals surface area contributed by atoms with Crippen LogP contribution < -0.4 is 5.73 Å². The molecule has 0 atom stereocenters. The Bertz CT molecular complexity index is 301. The largest absolute Gasteiger partial charge is 0.478 e. The number of hydrogen-bond donors (Lipinski definition) is 2. The molecule has 1 aromatic heterocycles. The topological polar surface area (TPSA) is 76.2 Å². The summed E-state index contributed by atoms with van der Waals surface area (Å²) >= 11 is 0. The van der Waals surface area contributed by atoms with E-state index in [1.807, 2.05) is 0 Å². The van der Waals surface area contributed by atoms with Crippen LogP contribution >= 0.6 is 0 Å². The summed E-state index contributed by atoms with van der Waals surface area (Å²) in [5.74, 6) is -2.34. The molecule has 0 spiro atoms. The van der Waals surface area contributed by atoms with Crippen LogP contribution in [0.2, 0.25) is 0 Å². The summed E-state index contributed by atoms with van der Waals surface area (Å²) in [5, 5.41) is 8.35. The molecule has 0 fully saturated rings. The standard InChI is InChI=1S/C6H5FN2O2/c7-4-1-3(6(10)11)2-9-5(4)8/h1-2H,(H2,8,9)(H,10,11).